The topological polar surface area (TPSA) is 52.9 Å². The Labute approximate surface area is 101 Å². The molecule has 0 aromatic heterocycles. The molecule has 17 heavy (non-hydrogen) atoms. The summed E-state index contributed by atoms with van der Waals surface area (Å²) in [5.74, 6) is -0.706. The molecule has 1 aromatic carbocycles. The first-order valence-electron chi connectivity index (χ1n) is 5.75. The quantitative estimate of drug-likeness (QED) is 0.865. The Morgan fingerprint density at radius 2 is 2.18 bits per heavy atom. The van der Waals surface area contributed by atoms with E-state index in [1.54, 1.807) is 0 Å². The van der Waals surface area contributed by atoms with E-state index in [4.69, 9.17) is 5.11 Å². The van der Waals surface area contributed by atoms with Gasteiger partial charge in [0.25, 0.3) is 0 Å². The molecule has 1 aliphatic rings. The van der Waals surface area contributed by atoms with Gasteiger partial charge in [-0.05, 0) is 23.6 Å². The number of benzene rings is 1. The predicted molar refractivity (Wildman–Crippen MR) is 67.8 cm³/mol. The molecule has 0 radical (unpaired) electrons. The van der Waals surface area contributed by atoms with E-state index in [2.05, 4.69) is 9.89 Å². The maximum absolute atomic E-state index is 10.6. The van der Waals surface area contributed by atoms with Gasteiger partial charge in [0.1, 0.15) is 0 Å². The van der Waals surface area contributed by atoms with Gasteiger partial charge in [0, 0.05) is 12.2 Å². The molecular weight excluding hydrogens is 216 g/mol. The Morgan fingerprint density at radius 1 is 1.47 bits per heavy atom. The van der Waals surface area contributed by atoms with Crippen LogP contribution >= 0.6 is 0 Å². The van der Waals surface area contributed by atoms with Crippen molar-refractivity contribution in [1.82, 2.24) is 0 Å². The summed E-state index contributed by atoms with van der Waals surface area (Å²) in [4.78, 5) is 16.9. The molecule has 1 aromatic rings. The molecule has 0 aliphatic carbocycles. The third-order valence-corrected chi connectivity index (χ3v) is 2.97. The van der Waals surface area contributed by atoms with Gasteiger partial charge in [0.15, 0.2) is 0 Å². The van der Waals surface area contributed by atoms with Gasteiger partial charge >= 0.3 is 5.97 Å². The third kappa shape index (κ3) is 2.84. The van der Waals surface area contributed by atoms with E-state index in [0.717, 1.165) is 24.3 Å². The minimum Gasteiger partial charge on any atom is -0.481 e. The van der Waals surface area contributed by atoms with Crippen molar-refractivity contribution < 1.29 is 9.90 Å². The summed E-state index contributed by atoms with van der Waals surface area (Å²) in [6.45, 7) is 3.70. The van der Waals surface area contributed by atoms with E-state index in [1.807, 2.05) is 37.5 Å². The minimum absolute atomic E-state index is 0.0498. The van der Waals surface area contributed by atoms with Crippen LogP contribution in [0.15, 0.2) is 29.3 Å². The highest BCUT2D eigenvalue weighted by molar-refractivity contribution is 5.80. The van der Waals surface area contributed by atoms with Gasteiger partial charge in [-0.2, -0.15) is 0 Å². The lowest BCUT2D eigenvalue weighted by Crippen LogP contribution is -2.17. The molecule has 0 spiro atoms. The van der Waals surface area contributed by atoms with Crippen molar-refractivity contribution in [2.75, 3.05) is 18.0 Å². The van der Waals surface area contributed by atoms with Gasteiger partial charge in [0.2, 0.25) is 0 Å². The Kier molecular flexibility index (Phi) is 3.42. The molecule has 90 valence electrons. The van der Waals surface area contributed by atoms with Crippen LogP contribution in [0.1, 0.15) is 24.8 Å². The summed E-state index contributed by atoms with van der Waals surface area (Å²) in [6, 6.07) is 8.03. The van der Waals surface area contributed by atoms with Crippen LogP contribution in [0, 0.1) is 0 Å². The van der Waals surface area contributed by atoms with Crippen molar-refractivity contribution in [1.29, 1.82) is 0 Å². The largest absolute Gasteiger partial charge is 0.481 e. The first-order chi connectivity index (χ1) is 8.16. The first kappa shape index (κ1) is 11.6. The van der Waals surface area contributed by atoms with Crippen molar-refractivity contribution in [3.05, 3.63) is 29.8 Å². The molecule has 0 saturated heterocycles. The number of rotatable bonds is 4. The lowest BCUT2D eigenvalue weighted by molar-refractivity contribution is -0.137. The number of hydrogen-bond donors (Lipinski definition) is 1. The smallest absolute Gasteiger partial charge is 0.303 e. The van der Waals surface area contributed by atoms with Crippen LogP contribution in [-0.4, -0.2) is 30.5 Å². The Morgan fingerprint density at radius 3 is 2.71 bits per heavy atom. The summed E-state index contributed by atoms with van der Waals surface area (Å²) in [5, 5.41) is 8.75. The molecule has 1 atom stereocenters. The zero-order valence-corrected chi connectivity index (χ0v) is 9.84. The molecule has 0 saturated carbocycles. The number of nitrogens with zero attached hydrogens (tertiary/aromatic N) is 2. The number of carboxylic acid groups (broad SMARTS) is 1. The second kappa shape index (κ2) is 4.99. The average Bonchev–Trinajstić information content (AvgIpc) is 2.82. The van der Waals surface area contributed by atoms with Crippen LogP contribution in [0.4, 0.5) is 5.69 Å². The third-order valence-electron chi connectivity index (χ3n) is 2.97. The maximum atomic E-state index is 10.6. The number of anilines is 1. The fraction of sp³-hybridized carbons (Fsp3) is 0.385. The zero-order valence-electron chi connectivity index (χ0n) is 9.84. The molecule has 0 bridgehead atoms. The summed E-state index contributed by atoms with van der Waals surface area (Å²) in [5.41, 5.74) is 2.17. The summed E-state index contributed by atoms with van der Waals surface area (Å²) >= 11 is 0. The van der Waals surface area contributed by atoms with E-state index >= 15 is 0 Å². The second-order valence-electron chi connectivity index (χ2n) is 4.31. The van der Waals surface area contributed by atoms with Crippen molar-refractivity contribution in [3.63, 3.8) is 0 Å². The summed E-state index contributed by atoms with van der Waals surface area (Å²) in [6.07, 6.45) is 2.01. The maximum Gasteiger partial charge on any atom is 0.303 e. The highest BCUT2D eigenvalue weighted by atomic mass is 16.4. The molecule has 1 aliphatic heterocycles. The van der Waals surface area contributed by atoms with Gasteiger partial charge in [0.05, 0.1) is 19.3 Å². The number of hydrogen-bond acceptors (Lipinski definition) is 3. The van der Waals surface area contributed by atoms with Gasteiger partial charge in [-0.1, -0.05) is 19.1 Å². The van der Waals surface area contributed by atoms with Crippen LogP contribution < -0.4 is 4.90 Å². The van der Waals surface area contributed by atoms with Gasteiger partial charge in [-0.25, -0.2) is 0 Å². The molecule has 1 heterocycles. The monoisotopic (exact) mass is 232 g/mol. The van der Waals surface area contributed by atoms with Crippen molar-refractivity contribution in [2.45, 2.75) is 19.3 Å². The van der Waals surface area contributed by atoms with Gasteiger partial charge < -0.3 is 10.0 Å². The molecule has 2 rings (SSSR count). The SMILES string of the molecule is CC(CC(=O)O)c1ccc(N2C=NCC2)cc1. The number of carboxylic acids is 1. The minimum atomic E-state index is -0.756. The standard InChI is InChI=1S/C13H16N2O2/c1-10(8-13(16)17)11-2-4-12(5-3-11)15-7-6-14-9-15/h2-5,9-10H,6-8H2,1H3,(H,16,17). The number of carbonyl (C=O) groups is 1. The first-order valence-corrected chi connectivity index (χ1v) is 5.75. The number of aliphatic imine (C=N–C) groups is 1. The summed E-state index contributed by atoms with van der Waals surface area (Å²) in [7, 11) is 0. The van der Waals surface area contributed by atoms with E-state index in [0.29, 0.717) is 0 Å². The van der Waals surface area contributed by atoms with E-state index in [9.17, 15) is 4.79 Å². The van der Waals surface area contributed by atoms with Crippen molar-refractivity contribution in [2.24, 2.45) is 4.99 Å². The van der Waals surface area contributed by atoms with Crippen LogP contribution in [0.2, 0.25) is 0 Å². The van der Waals surface area contributed by atoms with Crippen molar-refractivity contribution in [3.8, 4) is 0 Å². The molecule has 0 fully saturated rings. The summed E-state index contributed by atoms with van der Waals surface area (Å²) < 4.78 is 0. The van der Waals surface area contributed by atoms with Crippen LogP contribution in [-0.2, 0) is 4.79 Å². The highest BCUT2D eigenvalue weighted by Crippen LogP contribution is 2.22. The molecule has 1 unspecified atom stereocenters. The van der Waals surface area contributed by atoms with Crippen LogP contribution in [0.5, 0.6) is 0 Å². The van der Waals surface area contributed by atoms with Crippen LogP contribution in [0.25, 0.3) is 0 Å². The lowest BCUT2D eigenvalue weighted by Gasteiger charge is -2.15. The fourth-order valence-corrected chi connectivity index (χ4v) is 1.95. The molecule has 0 amide bonds. The lowest BCUT2D eigenvalue weighted by atomic mass is 9.98. The Hall–Kier alpha value is -1.84. The fourth-order valence-electron chi connectivity index (χ4n) is 1.95. The molecule has 4 heteroatoms. The highest BCUT2D eigenvalue weighted by Gasteiger charge is 2.12. The normalized spacial score (nSPS) is 16.2. The van der Waals surface area contributed by atoms with E-state index in [1.165, 1.54) is 0 Å². The Bertz CT molecular complexity index is 426. The second-order valence-corrected chi connectivity index (χ2v) is 4.31. The average molecular weight is 232 g/mol. The van der Waals surface area contributed by atoms with E-state index < -0.39 is 5.97 Å². The molecular formula is C13H16N2O2. The van der Waals surface area contributed by atoms with Crippen molar-refractivity contribution >= 4 is 18.0 Å². The van der Waals surface area contributed by atoms with Gasteiger partial charge in [-0.15, -0.1) is 0 Å². The van der Waals surface area contributed by atoms with E-state index in [-0.39, 0.29) is 12.3 Å². The number of aliphatic carboxylic acids is 1. The molecule has 4 nitrogen and oxygen atoms in total. The Balaban J connectivity index is 2.07. The predicted octanol–water partition coefficient (Wildman–Crippen LogP) is 2.11. The zero-order chi connectivity index (χ0) is 12.3. The van der Waals surface area contributed by atoms with Gasteiger partial charge in [-0.3, -0.25) is 9.79 Å². The van der Waals surface area contributed by atoms with Crippen LogP contribution in [0.3, 0.4) is 0 Å². The molecule has 1 N–H and O–H groups in total.